The quantitative estimate of drug-likeness (QED) is 0.307. The highest BCUT2D eigenvalue weighted by Gasteiger charge is 2.16. The average Bonchev–Trinajstić information content (AvgIpc) is 2.75. The summed E-state index contributed by atoms with van der Waals surface area (Å²) in [6, 6.07) is 10.8. The Labute approximate surface area is 177 Å². The predicted molar refractivity (Wildman–Crippen MR) is 122 cm³/mol. The molecule has 29 heavy (non-hydrogen) atoms. The largest absolute Gasteiger partial charge is 0.385 e. The van der Waals surface area contributed by atoms with Gasteiger partial charge in [0.25, 0.3) is 0 Å². The molecule has 2 rings (SSSR count). The van der Waals surface area contributed by atoms with E-state index in [1.165, 1.54) is 5.56 Å². The molecule has 1 heterocycles. The van der Waals surface area contributed by atoms with Crippen molar-refractivity contribution in [2.75, 3.05) is 86.7 Å². The first-order chi connectivity index (χ1) is 14.2. The van der Waals surface area contributed by atoms with E-state index in [0.717, 1.165) is 84.4 Å². The van der Waals surface area contributed by atoms with Crippen LogP contribution in [0.2, 0.25) is 0 Å². The molecule has 0 bridgehead atoms. The van der Waals surface area contributed by atoms with Crippen molar-refractivity contribution in [2.45, 2.75) is 13.0 Å². The standard InChI is InChI=1S/C22H40N6O/c1-23-22(24-10-13-26(2)12-7-19-29-3)25-11-14-27-15-17-28(18-16-27)20-21-8-5-4-6-9-21/h4-6,8-9H,7,10-20H2,1-3H3,(H2,23,24,25). The molecule has 1 aliphatic heterocycles. The fourth-order valence-electron chi connectivity index (χ4n) is 3.52. The number of benzene rings is 1. The second-order valence-electron chi connectivity index (χ2n) is 7.68. The Kier molecular flexibility index (Phi) is 11.7. The van der Waals surface area contributed by atoms with Crippen LogP contribution in [0, 0.1) is 0 Å². The molecule has 1 fully saturated rings. The van der Waals surface area contributed by atoms with Gasteiger partial charge in [0.05, 0.1) is 0 Å². The third-order valence-corrected chi connectivity index (χ3v) is 5.33. The first kappa shape index (κ1) is 23.6. The van der Waals surface area contributed by atoms with E-state index < -0.39 is 0 Å². The number of rotatable bonds is 12. The number of hydrogen-bond acceptors (Lipinski definition) is 5. The van der Waals surface area contributed by atoms with Crippen molar-refractivity contribution in [1.29, 1.82) is 0 Å². The summed E-state index contributed by atoms with van der Waals surface area (Å²) in [4.78, 5) is 11.7. The predicted octanol–water partition coefficient (Wildman–Crippen LogP) is 0.938. The molecular formula is C22H40N6O. The van der Waals surface area contributed by atoms with E-state index >= 15 is 0 Å². The number of guanidine groups is 1. The van der Waals surface area contributed by atoms with E-state index in [2.05, 4.69) is 67.7 Å². The van der Waals surface area contributed by atoms with Crippen LogP contribution in [-0.4, -0.2) is 107 Å². The van der Waals surface area contributed by atoms with Gasteiger partial charge in [-0.15, -0.1) is 0 Å². The molecule has 0 unspecified atom stereocenters. The molecule has 1 aromatic carbocycles. The minimum atomic E-state index is 0.821. The van der Waals surface area contributed by atoms with Crippen LogP contribution in [0.1, 0.15) is 12.0 Å². The molecule has 0 spiro atoms. The maximum atomic E-state index is 5.10. The number of ether oxygens (including phenoxy) is 1. The molecule has 0 amide bonds. The molecule has 0 aromatic heterocycles. The van der Waals surface area contributed by atoms with Gasteiger partial charge in [-0.1, -0.05) is 30.3 Å². The van der Waals surface area contributed by atoms with Gasteiger partial charge in [0.2, 0.25) is 0 Å². The number of nitrogens with one attached hydrogen (secondary N) is 2. The normalized spacial score (nSPS) is 16.3. The van der Waals surface area contributed by atoms with Gasteiger partial charge < -0.3 is 20.3 Å². The van der Waals surface area contributed by atoms with Gasteiger partial charge in [0.1, 0.15) is 0 Å². The summed E-state index contributed by atoms with van der Waals surface area (Å²) < 4.78 is 5.10. The first-order valence-corrected chi connectivity index (χ1v) is 10.8. The molecule has 164 valence electrons. The van der Waals surface area contributed by atoms with Crippen LogP contribution in [0.4, 0.5) is 0 Å². The van der Waals surface area contributed by atoms with Crippen molar-refractivity contribution in [1.82, 2.24) is 25.3 Å². The summed E-state index contributed by atoms with van der Waals surface area (Å²) in [6.07, 6.45) is 1.07. The van der Waals surface area contributed by atoms with E-state index in [-0.39, 0.29) is 0 Å². The van der Waals surface area contributed by atoms with Gasteiger partial charge in [-0.2, -0.15) is 0 Å². The van der Waals surface area contributed by atoms with Crippen molar-refractivity contribution < 1.29 is 4.74 Å². The Morgan fingerprint density at radius 1 is 1.03 bits per heavy atom. The third kappa shape index (κ3) is 10.1. The zero-order chi connectivity index (χ0) is 20.7. The first-order valence-electron chi connectivity index (χ1n) is 10.8. The molecule has 0 atom stereocenters. The van der Waals surface area contributed by atoms with Crippen molar-refractivity contribution in [2.24, 2.45) is 4.99 Å². The molecule has 0 saturated carbocycles. The topological polar surface area (TPSA) is 55.4 Å². The van der Waals surface area contributed by atoms with Crippen LogP contribution in [0.15, 0.2) is 35.3 Å². The van der Waals surface area contributed by atoms with Crippen molar-refractivity contribution >= 4 is 5.96 Å². The number of nitrogens with zero attached hydrogens (tertiary/aromatic N) is 4. The van der Waals surface area contributed by atoms with Crippen molar-refractivity contribution in [3.8, 4) is 0 Å². The summed E-state index contributed by atoms with van der Waals surface area (Å²) >= 11 is 0. The van der Waals surface area contributed by atoms with Gasteiger partial charge in [-0.3, -0.25) is 14.8 Å². The van der Waals surface area contributed by atoms with E-state index in [9.17, 15) is 0 Å². The van der Waals surface area contributed by atoms with Crippen LogP contribution in [-0.2, 0) is 11.3 Å². The molecular weight excluding hydrogens is 364 g/mol. The number of aliphatic imine (C=N–C) groups is 1. The maximum absolute atomic E-state index is 5.10. The van der Waals surface area contributed by atoms with Gasteiger partial charge in [0.15, 0.2) is 5.96 Å². The summed E-state index contributed by atoms with van der Waals surface area (Å²) in [7, 11) is 5.73. The lowest BCUT2D eigenvalue weighted by atomic mass is 10.2. The Morgan fingerprint density at radius 2 is 1.72 bits per heavy atom. The summed E-state index contributed by atoms with van der Waals surface area (Å²) in [5, 5.41) is 6.84. The number of piperazine rings is 1. The van der Waals surface area contributed by atoms with Crippen LogP contribution in [0.5, 0.6) is 0 Å². The zero-order valence-electron chi connectivity index (χ0n) is 18.6. The van der Waals surface area contributed by atoms with Crippen LogP contribution in [0.25, 0.3) is 0 Å². The molecule has 2 N–H and O–H groups in total. The maximum Gasteiger partial charge on any atom is 0.191 e. The molecule has 1 saturated heterocycles. The Morgan fingerprint density at radius 3 is 2.41 bits per heavy atom. The van der Waals surface area contributed by atoms with E-state index in [4.69, 9.17) is 4.74 Å². The van der Waals surface area contributed by atoms with Crippen molar-refractivity contribution in [3.05, 3.63) is 35.9 Å². The minimum Gasteiger partial charge on any atom is -0.385 e. The highest BCUT2D eigenvalue weighted by Crippen LogP contribution is 2.07. The second-order valence-corrected chi connectivity index (χ2v) is 7.68. The SMILES string of the molecule is CN=C(NCCN(C)CCCOC)NCCN1CCN(Cc2ccccc2)CC1. The average molecular weight is 405 g/mol. The monoisotopic (exact) mass is 404 g/mol. The molecule has 7 nitrogen and oxygen atoms in total. The van der Waals surface area contributed by atoms with Crippen molar-refractivity contribution in [3.63, 3.8) is 0 Å². The minimum absolute atomic E-state index is 0.821. The molecule has 7 heteroatoms. The molecule has 1 aliphatic rings. The van der Waals surface area contributed by atoms with Gasteiger partial charge in [-0.05, 0) is 19.0 Å². The Hall–Kier alpha value is -1.67. The highest BCUT2D eigenvalue weighted by molar-refractivity contribution is 5.79. The molecule has 0 aliphatic carbocycles. The lowest BCUT2D eigenvalue weighted by Gasteiger charge is -2.34. The fraction of sp³-hybridized carbons (Fsp3) is 0.682. The lowest BCUT2D eigenvalue weighted by molar-refractivity contribution is 0.129. The summed E-state index contributed by atoms with van der Waals surface area (Å²) in [5.41, 5.74) is 1.40. The van der Waals surface area contributed by atoms with E-state index in [0.29, 0.717) is 0 Å². The number of likely N-dealkylation sites (N-methyl/N-ethyl adjacent to an activating group) is 1. The lowest BCUT2D eigenvalue weighted by Crippen LogP contribution is -2.49. The second kappa shape index (κ2) is 14.3. The number of hydrogen-bond donors (Lipinski definition) is 2. The smallest absolute Gasteiger partial charge is 0.191 e. The Balaban J connectivity index is 1.53. The van der Waals surface area contributed by atoms with Gasteiger partial charge in [-0.25, -0.2) is 0 Å². The van der Waals surface area contributed by atoms with E-state index in [1.54, 1.807) is 7.11 Å². The van der Waals surface area contributed by atoms with Crippen LogP contribution in [0.3, 0.4) is 0 Å². The fourth-order valence-corrected chi connectivity index (χ4v) is 3.52. The highest BCUT2D eigenvalue weighted by atomic mass is 16.5. The van der Waals surface area contributed by atoms with E-state index in [1.807, 2.05) is 7.05 Å². The van der Waals surface area contributed by atoms with Crippen LogP contribution >= 0.6 is 0 Å². The summed E-state index contributed by atoms with van der Waals surface area (Å²) in [5.74, 6) is 0.887. The van der Waals surface area contributed by atoms with Crippen LogP contribution < -0.4 is 10.6 Å². The molecule has 1 aromatic rings. The zero-order valence-corrected chi connectivity index (χ0v) is 18.6. The number of methoxy groups -OCH3 is 1. The van der Waals surface area contributed by atoms with Gasteiger partial charge >= 0.3 is 0 Å². The van der Waals surface area contributed by atoms with Gasteiger partial charge in [0, 0.05) is 86.2 Å². The Bertz CT molecular complexity index is 560. The third-order valence-electron chi connectivity index (χ3n) is 5.33. The summed E-state index contributed by atoms with van der Waals surface area (Å²) in [6.45, 7) is 11.3. The molecule has 0 radical (unpaired) electrons.